The van der Waals surface area contributed by atoms with Gasteiger partial charge in [0.2, 0.25) is 0 Å². The van der Waals surface area contributed by atoms with E-state index in [0.29, 0.717) is 6.10 Å². The van der Waals surface area contributed by atoms with Gasteiger partial charge in [0.25, 0.3) is 0 Å². The first-order valence-corrected chi connectivity index (χ1v) is 6.54. The maximum atomic E-state index is 5.70. The molecule has 2 atom stereocenters. The molecule has 0 amide bonds. The smallest absolute Gasteiger partial charge is 0.0561 e. The summed E-state index contributed by atoms with van der Waals surface area (Å²) in [7, 11) is 0. The van der Waals surface area contributed by atoms with Crippen molar-refractivity contribution >= 4 is 0 Å². The minimum absolute atomic E-state index is 0.254. The van der Waals surface area contributed by atoms with Crippen LogP contribution in [0.4, 0.5) is 0 Å². The Balaban J connectivity index is 3.09. The Kier molecular flexibility index (Phi) is 10.4. The minimum atomic E-state index is 0.254. The van der Waals surface area contributed by atoms with Gasteiger partial charge in [-0.15, -0.1) is 0 Å². The molecule has 0 aromatic heterocycles. The average molecular weight is 215 g/mol. The molecule has 0 aromatic carbocycles. The third-order valence-electron chi connectivity index (χ3n) is 2.60. The van der Waals surface area contributed by atoms with Crippen LogP contribution in [0.2, 0.25) is 0 Å². The average Bonchev–Trinajstić information content (AvgIpc) is 2.15. The molecule has 2 unspecified atom stereocenters. The van der Waals surface area contributed by atoms with Crippen molar-refractivity contribution in [3.8, 4) is 0 Å². The lowest BCUT2D eigenvalue weighted by Gasteiger charge is -2.14. The molecule has 2 N–H and O–H groups in total. The standard InChI is InChI=1S/C13H29NO/c1-4-5-6-7-8-9-10-15-13(3)11-12(2)14/h12-13H,4-11,14H2,1-3H3. The molecule has 0 radical (unpaired) electrons. The number of rotatable bonds is 10. The third kappa shape index (κ3) is 11.8. The number of unbranched alkanes of at least 4 members (excludes halogenated alkanes) is 5. The second kappa shape index (κ2) is 10.4. The van der Waals surface area contributed by atoms with Crippen molar-refractivity contribution in [1.82, 2.24) is 0 Å². The zero-order valence-electron chi connectivity index (χ0n) is 10.8. The van der Waals surface area contributed by atoms with E-state index in [1.807, 2.05) is 6.92 Å². The van der Waals surface area contributed by atoms with Crippen molar-refractivity contribution in [1.29, 1.82) is 0 Å². The molecule has 0 aliphatic heterocycles. The summed E-state index contributed by atoms with van der Waals surface area (Å²) in [6.07, 6.45) is 9.24. The summed E-state index contributed by atoms with van der Waals surface area (Å²) in [4.78, 5) is 0. The number of ether oxygens (including phenoxy) is 1. The highest BCUT2D eigenvalue weighted by Crippen LogP contribution is 2.06. The summed E-state index contributed by atoms with van der Waals surface area (Å²) >= 11 is 0. The van der Waals surface area contributed by atoms with Gasteiger partial charge >= 0.3 is 0 Å². The van der Waals surface area contributed by atoms with Gasteiger partial charge in [0.1, 0.15) is 0 Å². The van der Waals surface area contributed by atoms with Crippen molar-refractivity contribution in [3.63, 3.8) is 0 Å². The highest BCUT2D eigenvalue weighted by Gasteiger charge is 2.04. The van der Waals surface area contributed by atoms with Crippen LogP contribution in [0.1, 0.15) is 65.7 Å². The van der Waals surface area contributed by atoms with E-state index in [2.05, 4.69) is 13.8 Å². The predicted octanol–water partition coefficient (Wildman–Crippen LogP) is 3.49. The Morgan fingerprint density at radius 1 is 1.00 bits per heavy atom. The van der Waals surface area contributed by atoms with E-state index in [0.717, 1.165) is 13.0 Å². The van der Waals surface area contributed by atoms with Crippen LogP contribution in [-0.2, 0) is 4.74 Å². The first kappa shape index (κ1) is 14.9. The molecule has 0 saturated heterocycles. The highest BCUT2D eigenvalue weighted by molar-refractivity contribution is 4.59. The topological polar surface area (TPSA) is 35.2 Å². The van der Waals surface area contributed by atoms with Crippen LogP contribution in [0.3, 0.4) is 0 Å². The monoisotopic (exact) mass is 215 g/mol. The van der Waals surface area contributed by atoms with Crippen LogP contribution < -0.4 is 5.73 Å². The summed E-state index contributed by atoms with van der Waals surface area (Å²) in [5, 5.41) is 0. The van der Waals surface area contributed by atoms with Crippen molar-refractivity contribution in [2.75, 3.05) is 6.61 Å². The molecule has 92 valence electrons. The van der Waals surface area contributed by atoms with Gasteiger partial charge in [-0.1, -0.05) is 39.0 Å². The summed E-state index contributed by atoms with van der Waals surface area (Å²) in [5.41, 5.74) is 5.70. The second-order valence-electron chi connectivity index (χ2n) is 4.66. The fourth-order valence-electron chi connectivity index (χ4n) is 1.76. The Bertz CT molecular complexity index is 126. The second-order valence-corrected chi connectivity index (χ2v) is 4.66. The molecule has 0 saturated carbocycles. The Labute approximate surface area is 95.6 Å². The van der Waals surface area contributed by atoms with Gasteiger partial charge in [-0.05, 0) is 26.7 Å². The number of hydrogen-bond acceptors (Lipinski definition) is 2. The summed E-state index contributed by atoms with van der Waals surface area (Å²) in [6.45, 7) is 7.30. The van der Waals surface area contributed by atoms with Gasteiger partial charge in [-0.2, -0.15) is 0 Å². The molecule has 2 heteroatoms. The zero-order chi connectivity index (χ0) is 11.5. The Morgan fingerprint density at radius 2 is 1.60 bits per heavy atom. The largest absolute Gasteiger partial charge is 0.378 e. The van der Waals surface area contributed by atoms with Crippen molar-refractivity contribution < 1.29 is 4.74 Å². The van der Waals surface area contributed by atoms with Crippen molar-refractivity contribution in [3.05, 3.63) is 0 Å². The Hall–Kier alpha value is -0.0800. The number of hydrogen-bond donors (Lipinski definition) is 1. The molecule has 0 heterocycles. The van der Waals surface area contributed by atoms with Crippen LogP contribution in [0.5, 0.6) is 0 Å². The normalized spacial score (nSPS) is 15.2. The quantitative estimate of drug-likeness (QED) is 0.566. The van der Waals surface area contributed by atoms with E-state index >= 15 is 0 Å². The van der Waals surface area contributed by atoms with Crippen LogP contribution in [0, 0.1) is 0 Å². The third-order valence-corrected chi connectivity index (χ3v) is 2.60. The summed E-state index contributed by atoms with van der Waals surface area (Å²) < 4.78 is 5.68. The van der Waals surface area contributed by atoms with E-state index in [9.17, 15) is 0 Å². The molecule has 15 heavy (non-hydrogen) atoms. The van der Waals surface area contributed by atoms with Crippen LogP contribution in [0.15, 0.2) is 0 Å². The van der Waals surface area contributed by atoms with Crippen molar-refractivity contribution in [2.45, 2.75) is 77.9 Å². The summed E-state index contributed by atoms with van der Waals surface area (Å²) in [5.74, 6) is 0. The van der Waals surface area contributed by atoms with E-state index in [1.165, 1.54) is 38.5 Å². The SMILES string of the molecule is CCCCCCCCOC(C)CC(C)N. The molecule has 0 bridgehead atoms. The molecule has 0 fully saturated rings. The van der Waals surface area contributed by atoms with Crippen LogP contribution in [-0.4, -0.2) is 18.8 Å². The minimum Gasteiger partial charge on any atom is -0.378 e. The molecule has 0 aliphatic rings. The zero-order valence-corrected chi connectivity index (χ0v) is 10.8. The fourth-order valence-corrected chi connectivity index (χ4v) is 1.76. The lowest BCUT2D eigenvalue weighted by Crippen LogP contribution is -2.23. The first-order chi connectivity index (χ1) is 7.16. The van der Waals surface area contributed by atoms with Crippen LogP contribution >= 0.6 is 0 Å². The summed E-state index contributed by atoms with van der Waals surface area (Å²) in [6, 6.07) is 0.254. The van der Waals surface area contributed by atoms with Gasteiger partial charge in [0, 0.05) is 12.6 Å². The van der Waals surface area contributed by atoms with E-state index < -0.39 is 0 Å². The van der Waals surface area contributed by atoms with E-state index in [4.69, 9.17) is 10.5 Å². The molecule has 0 aromatic rings. The molecule has 0 rings (SSSR count). The van der Waals surface area contributed by atoms with E-state index in [1.54, 1.807) is 0 Å². The lowest BCUT2D eigenvalue weighted by atomic mass is 10.1. The first-order valence-electron chi connectivity index (χ1n) is 6.54. The molecule has 0 aliphatic carbocycles. The van der Waals surface area contributed by atoms with E-state index in [-0.39, 0.29) is 6.04 Å². The maximum absolute atomic E-state index is 5.70. The van der Waals surface area contributed by atoms with Crippen LogP contribution in [0.25, 0.3) is 0 Å². The predicted molar refractivity (Wildman–Crippen MR) is 67.1 cm³/mol. The maximum Gasteiger partial charge on any atom is 0.0561 e. The van der Waals surface area contributed by atoms with Gasteiger partial charge in [-0.25, -0.2) is 0 Å². The van der Waals surface area contributed by atoms with Gasteiger partial charge in [0.05, 0.1) is 6.10 Å². The lowest BCUT2D eigenvalue weighted by molar-refractivity contribution is 0.0541. The number of nitrogens with two attached hydrogens (primary N) is 1. The van der Waals surface area contributed by atoms with Gasteiger partial charge in [-0.3, -0.25) is 0 Å². The molecular formula is C13H29NO. The highest BCUT2D eigenvalue weighted by atomic mass is 16.5. The van der Waals surface area contributed by atoms with Gasteiger partial charge < -0.3 is 10.5 Å². The Morgan fingerprint density at radius 3 is 2.20 bits per heavy atom. The fraction of sp³-hybridized carbons (Fsp3) is 1.00. The van der Waals surface area contributed by atoms with Gasteiger partial charge in [0.15, 0.2) is 0 Å². The molecule has 2 nitrogen and oxygen atoms in total. The molecular weight excluding hydrogens is 186 g/mol. The molecule has 0 spiro atoms. The van der Waals surface area contributed by atoms with Crippen molar-refractivity contribution in [2.24, 2.45) is 5.73 Å².